The van der Waals surface area contributed by atoms with Gasteiger partial charge in [0.1, 0.15) is 11.5 Å². The van der Waals surface area contributed by atoms with Gasteiger partial charge in [0.05, 0.1) is 14.2 Å². The fourth-order valence-corrected chi connectivity index (χ4v) is 2.75. The van der Waals surface area contributed by atoms with Crippen LogP contribution in [0.15, 0.2) is 46.9 Å². The van der Waals surface area contributed by atoms with Crippen molar-refractivity contribution in [3.63, 3.8) is 0 Å². The van der Waals surface area contributed by atoms with Crippen LogP contribution >= 0.6 is 31.9 Å². The molecule has 0 radical (unpaired) electrons. The molecule has 0 saturated carbocycles. The summed E-state index contributed by atoms with van der Waals surface area (Å²) in [4.78, 5) is 0. The third-order valence-electron chi connectivity index (χ3n) is 2.62. The van der Waals surface area contributed by atoms with Crippen LogP contribution in [0.3, 0.4) is 0 Å². The van der Waals surface area contributed by atoms with Crippen LogP contribution < -0.4 is 9.47 Å². The molecule has 108 valence electrons. The van der Waals surface area contributed by atoms with E-state index in [0.29, 0.717) is 0 Å². The number of alkyl halides is 1. The molecule has 2 nitrogen and oxygen atoms in total. The number of methoxy groups -OCH3 is 2. The number of rotatable bonds is 3. The number of hydrogen-bond acceptors (Lipinski definition) is 2. The highest BCUT2D eigenvalue weighted by Crippen LogP contribution is 2.23. The van der Waals surface area contributed by atoms with Gasteiger partial charge in [-0.05, 0) is 48.4 Å². The first kappa shape index (κ1) is 17.1. The number of aryl methyl sites for hydroxylation is 1. The van der Waals surface area contributed by atoms with E-state index in [4.69, 9.17) is 9.47 Å². The zero-order chi connectivity index (χ0) is 15.0. The van der Waals surface area contributed by atoms with Gasteiger partial charge in [0.25, 0.3) is 0 Å². The summed E-state index contributed by atoms with van der Waals surface area (Å²) in [5, 5.41) is 0.838. The Labute approximate surface area is 137 Å². The summed E-state index contributed by atoms with van der Waals surface area (Å²) in [6.07, 6.45) is 0. The van der Waals surface area contributed by atoms with Gasteiger partial charge in [-0.25, -0.2) is 0 Å². The average Bonchev–Trinajstić information content (AvgIpc) is 2.48. The lowest BCUT2D eigenvalue weighted by molar-refractivity contribution is 0.414. The molecule has 0 aliphatic heterocycles. The first-order valence-electron chi connectivity index (χ1n) is 6.09. The molecule has 0 atom stereocenters. The van der Waals surface area contributed by atoms with Crippen molar-refractivity contribution in [2.24, 2.45) is 0 Å². The standard InChI is InChI=1S/C8H8Br2O.C8H10O/c1-11-7-2-3-8(10)6(4-7)5-9;1-7-4-3-5-8(6-7)9-2/h2-4H,5H2,1H3;3-6H,1-2H3. The molecule has 0 saturated heterocycles. The molecule has 0 unspecified atom stereocenters. The van der Waals surface area contributed by atoms with Crippen LogP contribution in [0.4, 0.5) is 0 Å². The van der Waals surface area contributed by atoms with Crippen molar-refractivity contribution in [2.75, 3.05) is 14.2 Å². The minimum Gasteiger partial charge on any atom is -0.497 e. The second-order valence-corrected chi connectivity index (χ2v) is 5.53. The minimum absolute atomic E-state index is 0.838. The Hall–Kier alpha value is -1.00. The van der Waals surface area contributed by atoms with Crippen molar-refractivity contribution >= 4 is 31.9 Å². The van der Waals surface area contributed by atoms with Crippen LogP contribution in [0, 0.1) is 6.92 Å². The summed E-state index contributed by atoms with van der Waals surface area (Å²) in [7, 11) is 3.34. The highest BCUT2D eigenvalue weighted by atomic mass is 79.9. The lowest BCUT2D eigenvalue weighted by Gasteiger charge is -2.03. The van der Waals surface area contributed by atoms with E-state index in [0.717, 1.165) is 21.3 Å². The SMILES string of the molecule is COc1ccc(Br)c(CBr)c1.COc1cccc(C)c1. The van der Waals surface area contributed by atoms with Gasteiger partial charge in [-0.3, -0.25) is 0 Å². The van der Waals surface area contributed by atoms with Crippen LogP contribution in [-0.2, 0) is 5.33 Å². The Morgan fingerprint density at radius 3 is 2.10 bits per heavy atom. The first-order chi connectivity index (χ1) is 9.60. The van der Waals surface area contributed by atoms with Crippen molar-refractivity contribution in [2.45, 2.75) is 12.3 Å². The van der Waals surface area contributed by atoms with Gasteiger partial charge in [-0.2, -0.15) is 0 Å². The molecule has 2 aromatic rings. The highest BCUT2D eigenvalue weighted by molar-refractivity contribution is 9.10. The maximum atomic E-state index is 5.07. The van der Waals surface area contributed by atoms with Crippen molar-refractivity contribution in [1.82, 2.24) is 0 Å². The quantitative estimate of drug-likeness (QED) is 0.644. The van der Waals surface area contributed by atoms with Crippen LogP contribution in [0.5, 0.6) is 11.5 Å². The van der Waals surface area contributed by atoms with Gasteiger partial charge in [-0.1, -0.05) is 44.0 Å². The number of halogens is 2. The van der Waals surface area contributed by atoms with Crippen LogP contribution in [0.25, 0.3) is 0 Å². The number of benzene rings is 2. The predicted octanol–water partition coefficient (Wildman–Crippen LogP) is 5.36. The van der Waals surface area contributed by atoms with E-state index in [9.17, 15) is 0 Å². The molecule has 2 rings (SSSR count). The summed E-state index contributed by atoms with van der Waals surface area (Å²) < 4.78 is 11.2. The van der Waals surface area contributed by atoms with Crippen molar-refractivity contribution in [1.29, 1.82) is 0 Å². The fraction of sp³-hybridized carbons (Fsp3) is 0.250. The fourth-order valence-electron chi connectivity index (χ4n) is 1.52. The van der Waals surface area contributed by atoms with E-state index in [-0.39, 0.29) is 0 Å². The molecule has 0 amide bonds. The molecular formula is C16H18Br2O2. The first-order valence-corrected chi connectivity index (χ1v) is 8.01. The van der Waals surface area contributed by atoms with Gasteiger partial charge in [-0.15, -0.1) is 0 Å². The Kier molecular flexibility index (Phi) is 7.70. The maximum absolute atomic E-state index is 5.07. The van der Waals surface area contributed by atoms with E-state index in [1.807, 2.05) is 49.4 Å². The molecule has 20 heavy (non-hydrogen) atoms. The Bertz CT molecular complexity index is 542. The molecular weight excluding hydrogens is 384 g/mol. The molecule has 0 spiro atoms. The summed E-state index contributed by atoms with van der Waals surface area (Å²) in [5.74, 6) is 1.82. The summed E-state index contributed by atoms with van der Waals surface area (Å²) in [6, 6.07) is 13.9. The van der Waals surface area contributed by atoms with E-state index < -0.39 is 0 Å². The van der Waals surface area contributed by atoms with Gasteiger partial charge in [0, 0.05) is 9.80 Å². The van der Waals surface area contributed by atoms with Crippen molar-refractivity contribution in [3.05, 3.63) is 58.1 Å². The predicted molar refractivity (Wildman–Crippen MR) is 91.1 cm³/mol. The third kappa shape index (κ3) is 5.55. The molecule has 0 aliphatic carbocycles. The molecule has 0 bridgehead atoms. The zero-order valence-corrected chi connectivity index (χ0v) is 15.0. The number of hydrogen-bond donors (Lipinski definition) is 0. The number of ether oxygens (including phenoxy) is 2. The highest BCUT2D eigenvalue weighted by Gasteiger charge is 1.99. The normalized spacial score (nSPS) is 9.45. The summed E-state index contributed by atoms with van der Waals surface area (Å²) in [6.45, 7) is 2.04. The molecule has 2 aromatic carbocycles. The smallest absolute Gasteiger partial charge is 0.119 e. The van der Waals surface area contributed by atoms with Gasteiger partial charge >= 0.3 is 0 Å². The topological polar surface area (TPSA) is 18.5 Å². The summed E-state index contributed by atoms with van der Waals surface area (Å²) in [5.41, 5.74) is 2.43. The van der Waals surface area contributed by atoms with Gasteiger partial charge in [0.15, 0.2) is 0 Å². The second-order valence-electron chi connectivity index (χ2n) is 4.11. The van der Waals surface area contributed by atoms with Gasteiger partial charge in [0.2, 0.25) is 0 Å². The Morgan fingerprint density at radius 1 is 0.950 bits per heavy atom. The Balaban J connectivity index is 0.000000204. The monoisotopic (exact) mass is 400 g/mol. The van der Waals surface area contributed by atoms with E-state index in [1.165, 1.54) is 11.1 Å². The lowest BCUT2D eigenvalue weighted by Crippen LogP contribution is -1.85. The third-order valence-corrected chi connectivity index (χ3v) is 4.00. The van der Waals surface area contributed by atoms with Crippen LogP contribution in [0.1, 0.15) is 11.1 Å². The van der Waals surface area contributed by atoms with E-state index in [2.05, 4.69) is 31.9 Å². The maximum Gasteiger partial charge on any atom is 0.119 e. The van der Waals surface area contributed by atoms with E-state index >= 15 is 0 Å². The molecule has 0 aromatic heterocycles. The van der Waals surface area contributed by atoms with Crippen LogP contribution in [0.2, 0.25) is 0 Å². The minimum atomic E-state index is 0.838. The van der Waals surface area contributed by atoms with Crippen molar-refractivity contribution in [3.8, 4) is 11.5 Å². The molecule has 4 heteroatoms. The molecule has 0 N–H and O–H groups in total. The van der Waals surface area contributed by atoms with Crippen molar-refractivity contribution < 1.29 is 9.47 Å². The van der Waals surface area contributed by atoms with E-state index in [1.54, 1.807) is 14.2 Å². The molecule has 0 fully saturated rings. The second kappa shape index (κ2) is 9.03. The van der Waals surface area contributed by atoms with Gasteiger partial charge < -0.3 is 9.47 Å². The lowest BCUT2D eigenvalue weighted by atomic mass is 10.2. The Morgan fingerprint density at radius 2 is 1.60 bits per heavy atom. The van der Waals surface area contributed by atoms with Crippen LogP contribution in [-0.4, -0.2) is 14.2 Å². The molecule has 0 heterocycles. The zero-order valence-electron chi connectivity index (χ0n) is 11.8. The molecule has 0 aliphatic rings. The average molecular weight is 402 g/mol. The summed E-state index contributed by atoms with van der Waals surface area (Å²) >= 11 is 6.82. The largest absolute Gasteiger partial charge is 0.497 e.